The normalized spacial score (nSPS) is 14.2. The summed E-state index contributed by atoms with van der Waals surface area (Å²) in [6.07, 6.45) is 3.09. The quantitative estimate of drug-likeness (QED) is 0.206. The van der Waals surface area contributed by atoms with Crippen molar-refractivity contribution in [1.29, 1.82) is 0 Å². The second-order valence-corrected chi connectivity index (χ2v) is 12.9. The highest BCUT2D eigenvalue weighted by atomic mass is 16.6. The van der Waals surface area contributed by atoms with Crippen molar-refractivity contribution in [3.63, 3.8) is 0 Å². The number of piperidine rings is 1. The number of nitrogens with two attached hydrogens (primary N) is 1. The minimum absolute atomic E-state index is 0.0668. The summed E-state index contributed by atoms with van der Waals surface area (Å²) in [6, 6.07) is 30.9. The first-order valence-corrected chi connectivity index (χ1v) is 15.7. The van der Waals surface area contributed by atoms with E-state index in [4.69, 9.17) is 15.5 Å². The minimum atomic E-state index is -0.539. The number of ether oxygens (including phenoxy) is 1. The van der Waals surface area contributed by atoms with Gasteiger partial charge in [0.05, 0.1) is 22.1 Å². The third kappa shape index (κ3) is 5.51. The number of amides is 2. The summed E-state index contributed by atoms with van der Waals surface area (Å²) >= 11 is 0. The van der Waals surface area contributed by atoms with Crippen molar-refractivity contribution in [1.82, 2.24) is 14.5 Å². The fraction of sp³-hybridized carbons (Fsp3) is 0.237. The van der Waals surface area contributed by atoms with Gasteiger partial charge in [-0.3, -0.25) is 9.78 Å². The standard InChI is InChI=1S/C38H37N5O3/c1-38(2,3)46-37(45)42-19-17-26(18-20-42)41-32-22-27(15-16-29(32)36(39)44)43-33-13-7-5-10-30(33)35-28(11-8-14-34(35)43)25-21-24-9-4-6-12-31(24)40-23-25/h4-16,21-23,26,41H,17-20H2,1-3H3,(H2,39,44). The highest BCUT2D eigenvalue weighted by molar-refractivity contribution is 6.16. The Morgan fingerprint density at radius 1 is 0.891 bits per heavy atom. The van der Waals surface area contributed by atoms with E-state index in [1.54, 1.807) is 11.0 Å². The summed E-state index contributed by atoms with van der Waals surface area (Å²) in [5, 5.41) is 6.95. The molecule has 232 valence electrons. The Balaban J connectivity index is 1.27. The van der Waals surface area contributed by atoms with Crippen LogP contribution >= 0.6 is 0 Å². The maximum Gasteiger partial charge on any atom is 0.410 e. The van der Waals surface area contributed by atoms with Crippen LogP contribution in [0.4, 0.5) is 10.5 Å². The molecule has 1 aliphatic rings. The van der Waals surface area contributed by atoms with Gasteiger partial charge in [-0.25, -0.2) is 4.79 Å². The number of benzene rings is 4. The number of para-hydroxylation sites is 2. The lowest BCUT2D eigenvalue weighted by atomic mass is 9.99. The number of rotatable bonds is 5. The number of pyridine rings is 1. The summed E-state index contributed by atoms with van der Waals surface area (Å²) in [7, 11) is 0. The molecule has 0 aliphatic carbocycles. The second-order valence-electron chi connectivity index (χ2n) is 12.9. The van der Waals surface area contributed by atoms with Crippen molar-refractivity contribution in [2.75, 3.05) is 18.4 Å². The number of hydrogen-bond donors (Lipinski definition) is 2. The molecule has 0 bridgehead atoms. The molecule has 3 N–H and O–H groups in total. The molecule has 0 saturated carbocycles. The molecule has 7 rings (SSSR count). The topological polar surface area (TPSA) is 102 Å². The molecule has 2 aromatic heterocycles. The molecular weight excluding hydrogens is 574 g/mol. The zero-order chi connectivity index (χ0) is 32.0. The Labute approximate surface area is 267 Å². The molecule has 8 heteroatoms. The van der Waals surface area contributed by atoms with Crippen LogP contribution in [0.5, 0.6) is 0 Å². The molecule has 1 fully saturated rings. The SMILES string of the molecule is CC(C)(C)OC(=O)N1CCC(Nc2cc(-n3c4ccccc4c4c(-c5cnc6ccccc6c5)cccc43)ccc2C(N)=O)CC1. The van der Waals surface area contributed by atoms with E-state index in [0.29, 0.717) is 24.3 Å². The number of hydrogen-bond acceptors (Lipinski definition) is 5. The van der Waals surface area contributed by atoms with Crippen LogP contribution in [0.1, 0.15) is 44.0 Å². The Morgan fingerprint density at radius 2 is 1.63 bits per heavy atom. The van der Waals surface area contributed by atoms with Crippen molar-refractivity contribution in [2.24, 2.45) is 5.73 Å². The van der Waals surface area contributed by atoms with Gasteiger partial charge in [0.1, 0.15) is 5.60 Å². The number of aromatic nitrogens is 2. The third-order valence-corrected chi connectivity index (χ3v) is 8.63. The van der Waals surface area contributed by atoms with E-state index in [0.717, 1.165) is 62.4 Å². The average molecular weight is 612 g/mol. The van der Waals surface area contributed by atoms with E-state index < -0.39 is 11.5 Å². The highest BCUT2D eigenvalue weighted by Gasteiger charge is 2.27. The highest BCUT2D eigenvalue weighted by Crippen LogP contribution is 2.39. The predicted octanol–water partition coefficient (Wildman–Crippen LogP) is 7.91. The van der Waals surface area contributed by atoms with Gasteiger partial charge in [-0.2, -0.15) is 0 Å². The minimum Gasteiger partial charge on any atom is -0.444 e. The van der Waals surface area contributed by atoms with Crippen molar-refractivity contribution in [2.45, 2.75) is 45.3 Å². The molecule has 0 spiro atoms. The van der Waals surface area contributed by atoms with Gasteiger partial charge in [0.25, 0.3) is 5.91 Å². The van der Waals surface area contributed by atoms with E-state index in [-0.39, 0.29) is 12.1 Å². The monoisotopic (exact) mass is 611 g/mol. The first kappa shape index (κ1) is 29.3. The lowest BCUT2D eigenvalue weighted by Crippen LogP contribution is -2.44. The summed E-state index contributed by atoms with van der Waals surface area (Å²) in [4.78, 5) is 31.6. The molecule has 6 aromatic rings. The maximum absolute atomic E-state index is 12.6. The average Bonchev–Trinajstić information content (AvgIpc) is 3.38. The molecular formula is C38H37N5O3. The zero-order valence-corrected chi connectivity index (χ0v) is 26.3. The predicted molar refractivity (Wildman–Crippen MR) is 184 cm³/mol. The fourth-order valence-corrected chi connectivity index (χ4v) is 6.51. The Bertz CT molecular complexity index is 2120. The fourth-order valence-electron chi connectivity index (χ4n) is 6.51. The number of nitrogens with one attached hydrogen (secondary N) is 1. The van der Waals surface area contributed by atoms with Crippen LogP contribution in [-0.4, -0.2) is 51.2 Å². The van der Waals surface area contributed by atoms with Crippen LogP contribution < -0.4 is 11.1 Å². The molecule has 46 heavy (non-hydrogen) atoms. The smallest absolute Gasteiger partial charge is 0.410 e. The zero-order valence-electron chi connectivity index (χ0n) is 26.3. The van der Waals surface area contributed by atoms with Crippen molar-refractivity contribution in [3.8, 4) is 16.8 Å². The summed E-state index contributed by atoms with van der Waals surface area (Å²) in [5.74, 6) is -0.492. The van der Waals surface area contributed by atoms with Crippen LogP contribution in [0.15, 0.2) is 97.2 Å². The Kier molecular flexibility index (Phi) is 7.35. The summed E-state index contributed by atoms with van der Waals surface area (Å²) < 4.78 is 7.80. The number of likely N-dealkylation sites (tertiary alicyclic amines) is 1. The molecule has 8 nitrogen and oxygen atoms in total. The molecule has 4 aromatic carbocycles. The molecule has 1 aliphatic heterocycles. The van der Waals surface area contributed by atoms with Crippen LogP contribution in [-0.2, 0) is 4.74 Å². The summed E-state index contributed by atoms with van der Waals surface area (Å²) in [6.45, 7) is 6.75. The van der Waals surface area contributed by atoms with Gasteiger partial charge >= 0.3 is 6.09 Å². The van der Waals surface area contributed by atoms with Crippen LogP contribution in [0.25, 0.3) is 49.5 Å². The van der Waals surface area contributed by atoms with Gasteiger partial charge in [-0.05, 0) is 81.6 Å². The lowest BCUT2D eigenvalue weighted by Gasteiger charge is -2.34. The molecule has 0 unspecified atom stereocenters. The van der Waals surface area contributed by atoms with Gasteiger partial charge in [0.15, 0.2) is 0 Å². The molecule has 0 radical (unpaired) electrons. The number of nitrogens with zero attached hydrogens (tertiary/aromatic N) is 3. The second kappa shape index (κ2) is 11.5. The summed E-state index contributed by atoms with van der Waals surface area (Å²) in [5.41, 5.74) is 12.6. The number of anilines is 1. The van der Waals surface area contributed by atoms with Crippen molar-refractivity contribution < 1.29 is 14.3 Å². The van der Waals surface area contributed by atoms with E-state index in [1.807, 2.05) is 63.4 Å². The largest absolute Gasteiger partial charge is 0.444 e. The number of primary amides is 1. The molecule has 0 atom stereocenters. The molecule has 3 heterocycles. The number of carbonyl (C=O) groups excluding carboxylic acids is 2. The first-order valence-electron chi connectivity index (χ1n) is 15.7. The van der Waals surface area contributed by atoms with E-state index in [9.17, 15) is 9.59 Å². The van der Waals surface area contributed by atoms with Crippen LogP contribution in [0, 0.1) is 0 Å². The van der Waals surface area contributed by atoms with Gasteiger partial charge in [-0.15, -0.1) is 0 Å². The first-order chi connectivity index (χ1) is 22.2. The Morgan fingerprint density at radius 3 is 2.41 bits per heavy atom. The van der Waals surface area contributed by atoms with Gasteiger partial charge in [-0.1, -0.05) is 48.5 Å². The maximum atomic E-state index is 12.6. The van der Waals surface area contributed by atoms with Gasteiger partial charge in [0, 0.05) is 58.4 Å². The van der Waals surface area contributed by atoms with Gasteiger partial charge < -0.3 is 25.3 Å². The van der Waals surface area contributed by atoms with Crippen LogP contribution in [0.3, 0.4) is 0 Å². The lowest BCUT2D eigenvalue weighted by molar-refractivity contribution is 0.0210. The van der Waals surface area contributed by atoms with E-state index in [1.165, 1.54) is 0 Å². The van der Waals surface area contributed by atoms with E-state index in [2.05, 4.69) is 58.4 Å². The molecule has 1 saturated heterocycles. The third-order valence-electron chi connectivity index (χ3n) is 8.63. The molecule has 2 amide bonds. The number of fused-ring (bicyclic) bond motifs is 4. The van der Waals surface area contributed by atoms with Crippen molar-refractivity contribution >= 4 is 50.4 Å². The van der Waals surface area contributed by atoms with E-state index >= 15 is 0 Å². The van der Waals surface area contributed by atoms with Crippen molar-refractivity contribution in [3.05, 3.63) is 103 Å². The Hall–Kier alpha value is -5.37. The van der Waals surface area contributed by atoms with Gasteiger partial charge in [0.2, 0.25) is 0 Å². The number of carbonyl (C=O) groups is 2. The van der Waals surface area contributed by atoms with Crippen LogP contribution in [0.2, 0.25) is 0 Å².